The normalized spacial score (nSPS) is 39.8. The Morgan fingerprint density at radius 2 is 1.75 bits per heavy atom. The maximum Gasteiger partial charge on any atom is 0.0331 e. The van der Waals surface area contributed by atoms with Crippen LogP contribution in [0, 0.1) is 11.8 Å². The quantitative estimate of drug-likeness (QED) is 0.783. The SMILES string of the molecule is CCC1CCC(N(C)C2(CN)CCCC(C)CC2)CC1. The van der Waals surface area contributed by atoms with Gasteiger partial charge in [0.1, 0.15) is 0 Å². The molecule has 20 heavy (non-hydrogen) atoms. The lowest BCUT2D eigenvalue weighted by Gasteiger charge is -2.47. The van der Waals surface area contributed by atoms with Gasteiger partial charge in [-0.25, -0.2) is 0 Å². The second-order valence-corrected chi connectivity index (χ2v) is 7.66. The van der Waals surface area contributed by atoms with Crippen LogP contribution in [0.5, 0.6) is 0 Å². The molecule has 2 unspecified atom stereocenters. The molecular weight excluding hydrogens is 244 g/mol. The predicted octanol–water partition coefficient (Wildman–Crippen LogP) is 4.18. The fourth-order valence-corrected chi connectivity index (χ4v) is 4.59. The van der Waals surface area contributed by atoms with Crippen molar-refractivity contribution in [2.45, 2.75) is 89.6 Å². The van der Waals surface area contributed by atoms with E-state index >= 15 is 0 Å². The average Bonchev–Trinajstić information content (AvgIpc) is 2.69. The van der Waals surface area contributed by atoms with Gasteiger partial charge in [-0.2, -0.15) is 0 Å². The molecule has 2 nitrogen and oxygen atoms in total. The van der Waals surface area contributed by atoms with Crippen LogP contribution in [0.1, 0.15) is 78.1 Å². The molecule has 0 aromatic heterocycles. The van der Waals surface area contributed by atoms with Gasteiger partial charge >= 0.3 is 0 Å². The molecule has 2 aliphatic carbocycles. The van der Waals surface area contributed by atoms with Crippen LogP contribution in [0.2, 0.25) is 0 Å². The molecule has 2 fully saturated rings. The Morgan fingerprint density at radius 1 is 1.05 bits per heavy atom. The summed E-state index contributed by atoms with van der Waals surface area (Å²) in [5, 5.41) is 0. The molecule has 0 bridgehead atoms. The number of hydrogen-bond donors (Lipinski definition) is 1. The standard InChI is InChI=1S/C18H36N2/c1-4-16-7-9-17(10-8-16)20(3)18(14-19)12-5-6-15(2)11-13-18/h15-17H,4-14,19H2,1-3H3. The Kier molecular flexibility index (Phi) is 5.92. The number of hydrogen-bond acceptors (Lipinski definition) is 2. The van der Waals surface area contributed by atoms with E-state index < -0.39 is 0 Å². The minimum absolute atomic E-state index is 0.300. The molecule has 2 rings (SSSR count). The Morgan fingerprint density at radius 3 is 2.35 bits per heavy atom. The van der Waals surface area contributed by atoms with Crippen molar-refractivity contribution < 1.29 is 0 Å². The van der Waals surface area contributed by atoms with E-state index in [1.165, 1.54) is 64.2 Å². The fourth-order valence-electron chi connectivity index (χ4n) is 4.59. The molecule has 0 radical (unpaired) electrons. The minimum Gasteiger partial charge on any atom is -0.329 e. The van der Waals surface area contributed by atoms with E-state index in [-0.39, 0.29) is 0 Å². The van der Waals surface area contributed by atoms with Crippen LogP contribution in [0.4, 0.5) is 0 Å². The van der Waals surface area contributed by atoms with Crippen LogP contribution >= 0.6 is 0 Å². The number of rotatable bonds is 4. The summed E-state index contributed by atoms with van der Waals surface area (Å²) in [4.78, 5) is 2.72. The first-order valence-electron chi connectivity index (χ1n) is 9.04. The van der Waals surface area contributed by atoms with Crippen LogP contribution in [0.3, 0.4) is 0 Å². The first kappa shape index (κ1) is 16.3. The zero-order chi connectivity index (χ0) is 14.6. The first-order valence-corrected chi connectivity index (χ1v) is 9.04. The van der Waals surface area contributed by atoms with Crippen LogP contribution in [-0.4, -0.2) is 30.1 Å². The third-order valence-electron chi connectivity index (χ3n) is 6.51. The van der Waals surface area contributed by atoms with Crippen molar-refractivity contribution in [2.24, 2.45) is 17.6 Å². The highest BCUT2D eigenvalue weighted by molar-refractivity contribution is 4.96. The monoisotopic (exact) mass is 280 g/mol. The van der Waals surface area contributed by atoms with Crippen LogP contribution < -0.4 is 5.73 Å². The second-order valence-electron chi connectivity index (χ2n) is 7.66. The van der Waals surface area contributed by atoms with E-state index in [9.17, 15) is 0 Å². The Labute approximate surface area is 126 Å². The zero-order valence-corrected chi connectivity index (χ0v) is 14.0. The lowest BCUT2D eigenvalue weighted by molar-refractivity contribution is 0.0366. The number of likely N-dealkylation sites (N-methyl/N-ethyl adjacent to an activating group) is 1. The van der Waals surface area contributed by atoms with Gasteiger partial charge in [-0.05, 0) is 63.8 Å². The smallest absolute Gasteiger partial charge is 0.0331 e. The summed E-state index contributed by atoms with van der Waals surface area (Å²) in [6, 6.07) is 0.787. The van der Waals surface area contributed by atoms with Gasteiger partial charge in [0.2, 0.25) is 0 Å². The molecule has 0 heterocycles. The molecule has 2 saturated carbocycles. The van der Waals surface area contributed by atoms with Gasteiger partial charge in [-0.15, -0.1) is 0 Å². The van der Waals surface area contributed by atoms with Gasteiger partial charge in [0.05, 0.1) is 0 Å². The van der Waals surface area contributed by atoms with Gasteiger partial charge in [0.15, 0.2) is 0 Å². The van der Waals surface area contributed by atoms with Crippen molar-refractivity contribution >= 4 is 0 Å². The Balaban J connectivity index is 1.99. The van der Waals surface area contributed by atoms with Gasteiger partial charge in [0, 0.05) is 18.1 Å². The Bertz CT molecular complexity index is 283. The molecule has 2 heteroatoms. The molecule has 2 atom stereocenters. The van der Waals surface area contributed by atoms with Crippen molar-refractivity contribution in [3.8, 4) is 0 Å². The highest BCUT2D eigenvalue weighted by Crippen LogP contribution is 2.38. The molecule has 2 N–H and O–H groups in total. The highest BCUT2D eigenvalue weighted by Gasteiger charge is 2.39. The summed E-state index contributed by atoms with van der Waals surface area (Å²) >= 11 is 0. The van der Waals surface area contributed by atoms with Crippen molar-refractivity contribution in [3.63, 3.8) is 0 Å². The maximum absolute atomic E-state index is 6.27. The number of nitrogens with zero attached hydrogens (tertiary/aromatic N) is 1. The third kappa shape index (κ3) is 3.57. The summed E-state index contributed by atoms with van der Waals surface area (Å²) < 4.78 is 0. The van der Waals surface area contributed by atoms with E-state index in [1.54, 1.807) is 0 Å². The molecule has 0 aromatic rings. The average molecular weight is 280 g/mol. The largest absolute Gasteiger partial charge is 0.329 e. The maximum atomic E-state index is 6.27. The molecule has 0 saturated heterocycles. The van der Waals surface area contributed by atoms with Gasteiger partial charge < -0.3 is 5.73 Å². The van der Waals surface area contributed by atoms with E-state index in [0.717, 1.165) is 24.4 Å². The lowest BCUT2D eigenvalue weighted by atomic mass is 9.80. The third-order valence-corrected chi connectivity index (χ3v) is 6.51. The van der Waals surface area contributed by atoms with Crippen LogP contribution in [0.15, 0.2) is 0 Å². The zero-order valence-electron chi connectivity index (χ0n) is 14.0. The Hall–Kier alpha value is -0.0800. The molecular formula is C18H36N2. The van der Waals surface area contributed by atoms with Gasteiger partial charge in [-0.3, -0.25) is 4.90 Å². The van der Waals surface area contributed by atoms with Crippen molar-refractivity contribution in [1.82, 2.24) is 4.90 Å². The summed E-state index contributed by atoms with van der Waals surface area (Å²) in [6.45, 7) is 5.62. The summed E-state index contributed by atoms with van der Waals surface area (Å²) in [6.07, 6.45) is 13.8. The lowest BCUT2D eigenvalue weighted by Crippen LogP contribution is -2.56. The molecule has 0 amide bonds. The summed E-state index contributed by atoms with van der Waals surface area (Å²) in [7, 11) is 2.37. The van der Waals surface area contributed by atoms with Crippen LogP contribution in [0.25, 0.3) is 0 Å². The van der Waals surface area contributed by atoms with Crippen molar-refractivity contribution in [1.29, 1.82) is 0 Å². The summed E-state index contributed by atoms with van der Waals surface area (Å²) in [5.41, 5.74) is 6.57. The predicted molar refractivity (Wildman–Crippen MR) is 87.8 cm³/mol. The van der Waals surface area contributed by atoms with E-state index in [4.69, 9.17) is 5.73 Å². The van der Waals surface area contributed by atoms with E-state index in [1.807, 2.05) is 0 Å². The molecule has 0 aliphatic heterocycles. The van der Waals surface area contributed by atoms with Crippen molar-refractivity contribution in [3.05, 3.63) is 0 Å². The van der Waals surface area contributed by atoms with Crippen LogP contribution in [-0.2, 0) is 0 Å². The second kappa shape index (κ2) is 7.26. The first-order chi connectivity index (χ1) is 9.61. The van der Waals surface area contributed by atoms with Crippen molar-refractivity contribution in [2.75, 3.05) is 13.6 Å². The topological polar surface area (TPSA) is 29.3 Å². The molecule has 118 valence electrons. The fraction of sp³-hybridized carbons (Fsp3) is 1.00. The summed E-state index contributed by atoms with van der Waals surface area (Å²) in [5.74, 6) is 1.88. The van der Waals surface area contributed by atoms with E-state index in [0.29, 0.717) is 5.54 Å². The molecule has 2 aliphatic rings. The molecule has 0 spiro atoms. The number of nitrogens with two attached hydrogens (primary N) is 1. The molecule has 0 aromatic carbocycles. The van der Waals surface area contributed by atoms with Gasteiger partial charge in [-0.1, -0.05) is 33.1 Å². The van der Waals surface area contributed by atoms with Gasteiger partial charge in [0.25, 0.3) is 0 Å². The minimum atomic E-state index is 0.300. The highest BCUT2D eigenvalue weighted by atomic mass is 15.2. The van der Waals surface area contributed by atoms with E-state index in [2.05, 4.69) is 25.8 Å².